The molecule has 0 spiro atoms. The molecule has 1 fully saturated rings. The zero-order valence-electron chi connectivity index (χ0n) is 9.58. The lowest BCUT2D eigenvalue weighted by molar-refractivity contribution is -0.385. The van der Waals surface area contributed by atoms with Crippen LogP contribution in [-0.2, 0) is 6.54 Å². The van der Waals surface area contributed by atoms with E-state index >= 15 is 0 Å². The highest BCUT2D eigenvalue weighted by Gasteiger charge is 2.25. The third kappa shape index (κ3) is 2.62. The van der Waals surface area contributed by atoms with Crippen LogP contribution in [0.25, 0.3) is 0 Å². The van der Waals surface area contributed by atoms with Gasteiger partial charge in [-0.1, -0.05) is 18.2 Å². The lowest BCUT2D eigenvalue weighted by atomic mass is 10.1. The number of nitro benzene ring substituents is 1. The molecule has 1 aromatic rings. The second-order valence-electron chi connectivity index (χ2n) is 4.33. The van der Waals surface area contributed by atoms with E-state index in [1.165, 1.54) is 6.07 Å². The van der Waals surface area contributed by atoms with Crippen molar-refractivity contribution in [3.63, 3.8) is 0 Å². The maximum absolute atomic E-state index is 10.9. The second-order valence-corrected chi connectivity index (χ2v) is 4.33. The normalized spacial score (nSPS) is 20.6. The third-order valence-corrected chi connectivity index (χ3v) is 3.27. The Labute approximate surface area is 99.8 Å². The van der Waals surface area contributed by atoms with Crippen molar-refractivity contribution < 1.29 is 10.0 Å². The summed E-state index contributed by atoms with van der Waals surface area (Å²) in [4.78, 5) is 12.6. The van der Waals surface area contributed by atoms with Crippen molar-refractivity contribution in [1.82, 2.24) is 4.90 Å². The summed E-state index contributed by atoms with van der Waals surface area (Å²) in [5.74, 6) is 0. The maximum Gasteiger partial charge on any atom is 0.273 e. The molecule has 0 amide bonds. The maximum atomic E-state index is 10.9. The topological polar surface area (TPSA) is 66.6 Å². The van der Waals surface area contributed by atoms with Crippen LogP contribution in [0, 0.1) is 10.1 Å². The number of rotatable bonds is 4. The summed E-state index contributed by atoms with van der Waals surface area (Å²) in [6.45, 7) is 1.57. The van der Waals surface area contributed by atoms with Crippen LogP contribution in [0.4, 0.5) is 5.69 Å². The predicted octanol–water partition coefficient (Wildman–Crippen LogP) is 1.55. The second kappa shape index (κ2) is 5.25. The minimum Gasteiger partial charge on any atom is -0.395 e. The number of benzene rings is 1. The summed E-state index contributed by atoms with van der Waals surface area (Å²) in [6, 6.07) is 6.95. The number of nitro groups is 1. The van der Waals surface area contributed by atoms with Crippen LogP contribution >= 0.6 is 0 Å². The Morgan fingerprint density at radius 3 is 2.94 bits per heavy atom. The monoisotopic (exact) mass is 236 g/mol. The van der Waals surface area contributed by atoms with E-state index in [-0.39, 0.29) is 23.3 Å². The van der Waals surface area contributed by atoms with E-state index in [0.717, 1.165) is 24.9 Å². The average Bonchev–Trinajstić information content (AvgIpc) is 2.77. The molecule has 1 N–H and O–H groups in total. The third-order valence-electron chi connectivity index (χ3n) is 3.27. The minimum atomic E-state index is -0.348. The van der Waals surface area contributed by atoms with E-state index in [4.69, 9.17) is 0 Å². The number of aliphatic hydroxyl groups excluding tert-OH is 1. The zero-order valence-corrected chi connectivity index (χ0v) is 9.58. The Bertz CT molecular complexity index is 408. The lowest BCUT2D eigenvalue weighted by Gasteiger charge is -2.22. The van der Waals surface area contributed by atoms with Crippen molar-refractivity contribution >= 4 is 5.69 Å². The first-order chi connectivity index (χ1) is 8.22. The number of nitrogens with zero attached hydrogens (tertiary/aromatic N) is 2. The van der Waals surface area contributed by atoms with E-state index in [1.54, 1.807) is 12.1 Å². The minimum absolute atomic E-state index is 0.126. The van der Waals surface area contributed by atoms with Crippen LogP contribution in [0.3, 0.4) is 0 Å². The number of hydrogen-bond donors (Lipinski definition) is 1. The molecule has 0 radical (unpaired) electrons. The largest absolute Gasteiger partial charge is 0.395 e. The molecule has 5 heteroatoms. The number of aliphatic hydroxyl groups is 1. The van der Waals surface area contributed by atoms with E-state index in [1.807, 2.05) is 6.07 Å². The van der Waals surface area contributed by atoms with Gasteiger partial charge in [-0.25, -0.2) is 0 Å². The first-order valence-corrected chi connectivity index (χ1v) is 5.79. The molecule has 1 aliphatic rings. The van der Waals surface area contributed by atoms with Gasteiger partial charge in [0.1, 0.15) is 0 Å². The Hall–Kier alpha value is -1.46. The van der Waals surface area contributed by atoms with Crippen LogP contribution in [0.5, 0.6) is 0 Å². The molecule has 0 bridgehead atoms. The molecule has 1 aromatic carbocycles. The molecule has 0 aromatic heterocycles. The lowest BCUT2D eigenvalue weighted by Crippen LogP contribution is -2.31. The molecule has 1 saturated heterocycles. The average molecular weight is 236 g/mol. The summed E-state index contributed by atoms with van der Waals surface area (Å²) in [6.07, 6.45) is 2.02. The van der Waals surface area contributed by atoms with Crippen molar-refractivity contribution in [3.8, 4) is 0 Å². The highest BCUT2D eigenvalue weighted by molar-refractivity contribution is 5.39. The number of para-hydroxylation sites is 1. The van der Waals surface area contributed by atoms with Gasteiger partial charge in [-0.05, 0) is 19.4 Å². The van der Waals surface area contributed by atoms with Crippen molar-refractivity contribution in [2.45, 2.75) is 25.4 Å². The zero-order chi connectivity index (χ0) is 12.3. The first kappa shape index (κ1) is 12.0. The Kier molecular flexibility index (Phi) is 3.71. The van der Waals surface area contributed by atoms with Crippen LogP contribution in [0.15, 0.2) is 24.3 Å². The summed E-state index contributed by atoms with van der Waals surface area (Å²) in [5, 5.41) is 20.1. The molecule has 1 unspecified atom stereocenters. The van der Waals surface area contributed by atoms with Crippen LogP contribution in [0.2, 0.25) is 0 Å². The SMILES string of the molecule is O=[N+]([O-])c1ccccc1CN1CCCC1CO. The highest BCUT2D eigenvalue weighted by atomic mass is 16.6. The number of likely N-dealkylation sites (tertiary alicyclic amines) is 1. The van der Waals surface area contributed by atoms with Gasteiger partial charge < -0.3 is 5.11 Å². The smallest absolute Gasteiger partial charge is 0.273 e. The summed E-state index contributed by atoms with van der Waals surface area (Å²) in [5.41, 5.74) is 0.883. The molecule has 0 saturated carbocycles. The fraction of sp³-hybridized carbons (Fsp3) is 0.500. The van der Waals surface area contributed by atoms with Crippen LogP contribution < -0.4 is 0 Å². The van der Waals surface area contributed by atoms with Gasteiger partial charge in [0.25, 0.3) is 5.69 Å². The van der Waals surface area contributed by atoms with Crippen molar-refractivity contribution in [3.05, 3.63) is 39.9 Å². The predicted molar refractivity (Wildman–Crippen MR) is 63.6 cm³/mol. The van der Waals surface area contributed by atoms with E-state index in [0.29, 0.717) is 6.54 Å². The van der Waals surface area contributed by atoms with E-state index < -0.39 is 0 Å². The van der Waals surface area contributed by atoms with Gasteiger partial charge >= 0.3 is 0 Å². The van der Waals surface area contributed by atoms with Gasteiger partial charge in [-0.3, -0.25) is 15.0 Å². The van der Waals surface area contributed by atoms with Crippen LogP contribution in [0.1, 0.15) is 18.4 Å². The summed E-state index contributed by atoms with van der Waals surface area (Å²) in [7, 11) is 0. The molecule has 5 nitrogen and oxygen atoms in total. The van der Waals surface area contributed by atoms with Crippen molar-refractivity contribution in [2.75, 3.05) is 13.2 Å². The fourth-order valence-electron chi connectivity index (χ4n) is 2.35. The quantitative estimate of drug-likeness (QED) is 0.636. The molecule has 1 aliphatic heterocycles. The Balaban J connectivity index is 2.15. The molecule has 2 rings (SSSR count). The van der Waals surface area contributed by atoms with Gasteiger partial charge in [0.05, 0.1) is 11.5 Å². The molecule has 1 heterocycles. The standard InChI is InChI=1S/C12H16N2O3/c15-9-11-5-3-7-13(11)8-10-4-1-2-6-12(10)14(16)17/h1-2,4,6,11,15H,3,5,7-9H2. The summed E-state index contributed by atoms with van der Waals surface area (Å²) >= 11 is 0. The van der Waals surface area contributed by atoms with Crippen molar-refractivity contribution in [2.24, 2.45) is 0 Å². The highest BCUT2D eigenvalue weighted by Crippen LogP contribution is 2.24. The van der Waals surface area contributed by atoms with Crippen LogP contribution in [-0.4, -0.2) is 34.1 Å². The molecule has 92 valence electrons. The van der Waals surface area contributed by atoms with E-state index in [2.05, 4.69) is 4.90 Å². The van der Waals surface area contributed by atoms with Gasteiger partial charge in [0.2, 0.25) is 0 Å². The Morgan fingerprint density at radius 1 is 1.47 bits per heavy atom. The first-order valence-electron chi connectivity index (χ1n) is 5.79. The molecule has 17 heavy (non-hydrogen) atoms. The van der Waals surface area contributed by atoms with Gasteiger partial charge in [-0.2, -0.15) is 0 Å². The molecular formula is C12H16N2O3. The molecular weight excluding hydrogens is 220 g/mol. The fourth-order valence-corrected chi connectivity index (χ4v) is 2.35. The van der Waals surface area contributed by atoms with Crippen molar-refractivity contribution in [1.29, 1.82) is 0 Å². The van der Waals surface area contributed by atoms with Gasteiger partial charge in [0, 0.05) is 24.2 Å². The molecule has 1 atom stereocenters. The summed E-state index contributed by atoms with van der Waals surface area (Å²) < 4.78 is 0. The number of hydrogen-bond acceptors (Lipinski definition) is 4. The Morgan fingerprint density at radius 2 is 2.24 bits per heavy atom. The van der Waals surface area contributed by atoms with Gasteiger partial charge in [-0.15, -0.1) is 0 Å². The van der Waals surface area contributed by atoms with E-state index in [9.17, 15) is 15.2 Å². The molecule has 0 aliphatic carbocycles. The van der Waals surface area contributed by atoms with Gasteiger partial charge in [0.15, 0.2) is 0 Å².